The van der Waals surface area contributed by atoms with Gasteiger partial charge in [-0.05, 0) is 43.2 Å². The van der Waals surface area contributed by atoms with Crippen molar-refractivity contribution in [2.45, 2.75) is 56.2 Å². The van der Waals surface area contributed by atoms with Crippen molar-refractivity contribution >= 4 is 17.7 Å². The van der Waals surface area contributed by atoms with Gasteiger partial charge in [-0.15, -0.1) is 11.8 Å². The number of hydrogen-bond acceptors (Lipinski definition) is 2. The van der Waals surface area contributed by atoms with Crippen molar-refractivity contribution in [1.29, 1.82) is 0 Å². The van der Waals surface area contributed by atoms with Crippen LogP contribution in [0.5, 0.6) is 0 Å². The summed E-state index contributed by atoms with van der Waals surface area (Å²) >= 11 is 1.85. The van der Waals surface area contributed by atoms with Crippen LogP contribution < -0.4 is 5.32 Å². The number of nitrogens with one attached hydrogen (secondary N) is 1. The molecule has 1 aromatic carbocycles. The normalized spacial score (nSPS) is 22.5. The van der Waals surface area contributed by atoms with E-state index in [9.17, 15) is 4.79 Å². The summed E-state index contributed by atoms with van der Waals surface area (Å²) in [5, 5.41) is 3.96. The van der Waals surface area contributed by atoms with Gasteiger partial charge in [0.2, 0.25) is 5.91 Å². The molecule has 3 rings (SSSR count). The summed E-state index contributed by atoms with van der Waals surface area (Å²) in [5.74, 6) is 0.840. The molecule has 108 valence electrons. The van der Waals surface area contributed by atoms with Crippen LogP contribution in [0.15, 0.2) is 24.3 Å². The van der Waals surface area contributed by atoms with Gasteiger partial charge in [-0.3, -0.25) is 4.79 Å². The van der Waals surface area contributed by atoms with Gasteiger partial charge in [0.1, 0.15) is 0 Å². The number of rotatable bonds is 4. The van der Waals surface area contributed by atoms with Crippen LogP contribution in [0.4, 0.5) is 0 Å². The molecule has 1 aromatic rings. The quantitative estimate of drug-likeness (QED) is 0.912. The number of aryl methyl sites for hydroxylation is 1. The van der Waals surface area contributed by atoms with Crippen LogP contribution >= 0.6 is 11.8 Å². The molecule has 1 fully saturated rings. The number of carbonyl (C=O) groups excluding carboxylic acids is 1. The molecule has 0 radical (unpaired) electrons. The highest BCUT2D eigenvalue weighted by molar-refractivity contribution is 8.00. The molecular formula is C17H23NOS. The molecule has 3 heteroatoms. The molecule has 0 bridgehead atoms. The third kappa shape index (κ3) is 3.38. The summed E-state index contributed by atoms with van der Waals surface area (Å²) in [4.78, 5) is 12.1. The van der Waals surface area contributed by atoms with Crippen molar-refractivity contribution < 1.29 is 4.79 Å². The molecule has 20 heavy (non-hydrogen) atoms. The first-order chi connectivity index (χ1) is 9.83. The van der Waals surface area contributed by atoms with Crippen LogP contribution in [0.1, 0.15) is 55.7 Å². The highest BCUT2D eigenvalue weighted by atomic mass is 32.2. The molecule has 1 atom stereocenters. The molecule has 0 heterocycles. The van der Waals surface area contributed by atoms with E-state index in [0.29, 0.717) is 5.75 Å². The predicted molar refractivity (Wildman–Crippen MR) is 85.0 cm³/mol. The maximum atomic E-state index is 12.1. The zero-order chi connectivity index (χ0) is 13.8. The first kappa shape index (κ1) is 14.0. The van der Waals surface area contributed by atoms with E-state index in [-0.39, 0.29) is 11.9 Å². The van der Waals surface area contributed by atoms with Crippen molar-refractivity contribution in [2.24, 2.45) is 0 Å². The molecule has 0 aliphatic heterocycles. The average molecular weight is 289 g/mol. The first-order valence-electron chi connectivity index (χ1n) is 7.82. The number of fused-ring (bicyclic) bond motifs is 1. The van der Waals surface area contributed by atoms with E-state index in [2.05, 4.69) is 29.6 Å². The van der Waals surface area contributed by atoms with Gasteiger partial charge in [0.25, 0.3) is 0 Å². The van der Waals surface area contributed by atoms with Crippen molar-refractivity contribution in [3.05, 3.63) is 35.4 Å². The van der Waals surface area contributed by atoms with Crippen LogP contribution in [0.3, 0.4) is 0 Å². The highest BCUT2D eigenvalue weighted by Gasteiger charge is 2.22. The Bertz CT molecular complexity index is 468. The Morgan fingerprint density at radius 3 is 2.80 bits per heavy atom. The molecule has 1 N–H and O–H groups in total. The van der Waals surface area contributed by atoms with Crippen LogP contribution in [-0.2, 0) is 11.2 Å². The zero-order valence-electron chi connectivity index (χ0n) is 11.9. The van der Waals surface area contributed by atoms with Crippen LogP contribution in [0.2, 0.25) is 0 Å². The van der Waals surface area contributed by atoms with Gasteiger partial charge in [-0.25, -0.2) is 0 Å². The largest absolute Gasteiger partial charge is 0.349 e. The number of carbonyl (C=O) groups is 1. The van der Waals surface area contributed by atoms with E-state index in [1.807, 2.05) is 11.8 Å². The van der Waals surface area contributed by atoms with Crippen molar-refractivity contribution in [1.82, 2.24) is 5.32 Å². The summed E-state index contributed by atoms with van der Waals surface area (Å²) in [5.41, 5.74) is 2.74. The van der Waals surface area contributed by atoms with Gasteiger partial charge in [0.05, 0.1) is 11.8 Å². The lowest BCUT2D eigenvalue weighted by Gasteiger charge is -2.26. The second kappa shape index (κ2) is 6.66. The number of thioether (sulfide) groups is 1. The van der Waals surface area contributed by atoms with Gasteiger partial charge in [-0.2, -0.15) is 0 Å². The molecule has 0 spiro atoms. The number of amides is 1. The molecule has 2 nitrogen and oxygen atoms in total. The molecule has 2 aliphatic rings. The fraction of sp³-hybridized carbons (Fsp3) is 0.588. The van der Waals surface area contributed by atoms with E-state index in [4.69, 9.17) is 0 Å². The fourth-order valence-electron chi connectivity index (χ4n) is 3.39. The van der Waals surface area contributed by atoms with Crippen LogP contribution in [0, 0.1) is 0 Å². The standard InChI is InChI=1S/C17H23NOS/c19-17(12-20-14-8-2-3-9-14)18-16-11-5-7-13-6-1-4-10-15(13)16/h1,4,6,10,14,16H,2-3,5,7-9,11-12H2,(H,18,19). The average Bonchev–Trinajstić information content (AvgIpc) is 2.99. The molecular weight excluding hydrogens is 266 g/mol. The SMILES string of the molecule is O=C(CSC1CCCC1)NC1CCCc2ccccc21. The summed E-state index contributed by atoms with van der Waals surface area (Å²) in [6.07, 6.45) is 8.69. The molecule has 1 saturated carbocycles. The Morgan fingerprint density at radius 2 is 1.95 bits per heavy atom. The number of benzene rings is 1. The Kier molecular flexibility index (Phi) is 4.66. The summed E-state index contributed by atoms with van der Waals surface area (Å²) in [7, 11) is 0. The monoisotopic (exact) mass is 289 g/mol. The molecule has 0 aromatic heterocycles. The van der Waals surface area contributed by atoms with Crippen molar-refractivity contribution in [3.8, 4) is 0 Å². The van der Waals surface area contributed by atoms with Crippen molar-refractivity contribution in [3.63, 3.8) is 0 Å². The Balaban J connectivity index is 1.54. The lowest BCUT2D eigenvalue weighted by atomic mass is 9.88. The van der Waals surface area contributed by atoms with Crippen molar-refractivity contribution in [2.75, 3.05) is 5.75 Å². The minimum absolute atomic E-state index is 0.212. The van der Waals surface area contributed by atoms with E-state index >= 15 is 0 Å². The molecule has 2 aliphatic carbocycles. The summed E-state index contributed by atoms with van der Waals surface area (Å²) < 4.78 is 0. The van der Waals surface area contributed by atoms with E-state index in [1.54, 1.807) is 0 Å². The molecule has 1 unspecified atom stereocenters. The third-order valence-corrected chi connectivity index (χ3v) is 5.83. The number of hydrogen-bond donors (Lipinski definition) is 1. The summed E-state index contributed by atoms with van der Waals surface area (Å²) in [6, 6.07) is 8.77. The minimum atomic E-state index is 0.212. The molecule has 1 amide bonds. The fourth-order valence-corrected chi connectivity index (χ4v) is 4.53. The van der Waals surface area contributed by atoms with Gasteiger partial charge in [0.15, 0.2) is 0 Å². The van der Waals surface area contributed by atoms with E-state index < -0.39 is 0 Å². The summed E-state index contributed by atoms with van der Waals surface area (Å²) in [6.45, 7) is 0. The van der Waals surface area contributed by atoms with Crippen LogP contribution in [0.25, 0.3) is 0 Å². The van der Waals surface area contributed by atoms with E-state index in [0.717, 1.165) is 18.1 Å². The minimum Gasteiger partial charge on any atom is -0.349 e. The van der Waals surface area contributed by atoms with Gasteiger partial charge >= 0.3 is 0 Å². The first-order valence-corrected chi connectivity index (χ1v) is 8.86. The smallest absolute Gasteiger partial charge is 0.230 e. The molecule has 0 saturated heterocycles. The lowest BCUT2D eigenvalue weighted by Crippen LogP contribution is -2.32. The maximum Gasteiger partial charge on any atom is 0.230 e. The topological polar surface area (TPSA) is 29.1 Å². The predicted octanol–water partition coefficient (Wildman–Crippen LogP) is 3.86. The van der Waals surface area contributed by atoms with Gasteiger partial charge in [0, 0.05) is 5.25 Å². The van der Waals surface area contributed by atoms with Gasteiger partial charge in [-0.1, -0.05) is 37.1 Å². The Labute approximate surface area is 125 Å². The maximum absolute atomic E-state index is 12.1. The van der Waals surface area contributed by atoms with E-state index in [1.165, 1.54) is 43.2 Å². The third-order valence-electron chi connectivity index (χ3n) is 4.46. The Hall–Kier alpha value is -0.960. The van der Waals surface area contributed by atoms with Crippen LogP contribution in [-0.4, -0.2) is 16.9 Å². The second-order valence-electron chi connectivity index (χ2n) is 5.93. The lowest BCUT2D eigenvalue weighted by molar-refractivity contribution is -0.119. The van der Waals surface area contributed by atoms with Gasteiger partial charge < -0.3 is 5.32 Å². The zero-order valence-corrected chi connectivity index (χ0v) is 12.8. The second-order valence-corrected chi connectivity index (χ2v) is 7.22. The highest BCUT2D eigenvalue weighted by Crippen LogP contribution is 2.31. The Morgan fingerprint density at radius 1 is 1.15 bits per heavy atom.